The van der Waals surface area contributed by atoms with Crippen LogP contribution in [0.25, 0.3) is 16.3 Å². The van der Waals surface area contributed by atoms with Crippen molar-refractivity contribution in [1.29, 1.82) is 0 Å². The molecule has 0 aliphatic rings. The average Bonchev–Trinajstić information content (AvgIpc) is 3.05. The van der Waals surface area contributed by atoms with Gasteiger partial charge in [-0.1, -0.05) is 35.5 Å². The van der Waals surface area contributed by atoms with E-state index in [0.717, 1.165) is 10.2 Å². The monoisotopic (exact) mass is 407 g/mol. The minimum Gasteiger partial charge on any atom is -0.492 e. The van der Waals surface area contributed by atoms with Gasteiger partial charge < -0.3 is 9.30 Å². The minimum absolute atomic E-state index is 0.0450. The first-order valence-corrected chi connectivity index (χ1v) is 9.55. The van der Waals surface area contributed by atoms with Crippen LogP contribution in [0.2, 0.25) is 0 Å². The van der Waals surface area contributed by atoms with Gasteiger partial charge in [0, 0.05) is 18.2 Å². The summed E-state index contributed by atoms with van der Waals surface area (Å²) in [7, 11) is 0. The Morgan fingerprint density at radius 3 is 2.90 bits per heavy atom. The highest BCUT2D eigenvalue weighted by atomic mass is 32.1. The van der Waals surface area contributed by atoms with Crippen molar-refractivity contribution in [3.63, 3.8) is 0 Å². The second-order valence-electron chi connectivity index (χ2n) is 5.85. The summed E-state index contributed by atoms with van der Waals surface area (Å²) in [6.45, 7) is 2.64. The fraction of sp³-hybridized carbons (Fsp3) is 0.143. The lowest BCUT2D eigenvalue weighted by atomic mass is 10.2. The van der Waals surface area contributed by atoms with Crippen molar-refractivity contribution in [2.24, 2.45) is 4.99 Å². The van der Waals surface area contributed by atoms with Crippen molar-refractivity contribution >= 4 is 39.2 Å². The second-order valence-corrected chi connectivity index (χ2v) is 6.86. The van der Waals surface area contributed by atoms with Crippen molar-refractivity contribution in [3.05, 3.63) is 69.0 Å². The van der Waals surface area contributed by atoms with E-state index in [1.165, 1.54) is 35.6 Å². The van der Waals surface area contributed by atoms with E-state index in [4.69, 9.17) is 11.2 Å². The molecule has 146 valence electrons. The van der Waals surface area contributed by atoms with Crippen LogP contribution in [-0.2, 0) is 11.3 Å². The number of aromatic nitrogens is 1. The van der Waals surface area contributed by atoms with Crippen LogP contribution in [0.5, 0.6) is 5.75 Å². The van der Waals surface area contributed by atoms with Gasteiger partial charge in [0.25, 0.3) is 11.6 Å². The molecule has 8 heteroatoms. The predicted octanol–water partition coefficient (Wildman–Crippen LogP) is 3.78. The molecule has 0 bridgehead atoms. The number of nitro benzene ring substituents is 1. The minimum atomic E-state index is -0.494. The number of benzene rings is 2. The van der Waals surface area contributed by atoms with E-state index in [1.807, 2.05) is 25.1 Å². The quantitative estimate of drug-likeness (QED) is 0.269. The molecule has 0 N–H and O–H groups in total. The fourth-order valence-corrected chi connectivity index (χ4v) is 3.79. The van der Waals surface area contributed by atoms with Crippen LogP contribution in [0.3, 0.4) is 0 Å². The average molecular weight is 407 g/mol. The number of amides is 1. The molecule has 1 heterocycles. The maximum atomic E-state index is 12.4. The lowest BCUT2D eigenvalue weighted by Crippen LogP contribution is -2.16. The number of carbonyl (C=O) groups excluding carboxylic acids is 1. The Hall–Kier alpha value is -3.70. The summed E-state index contributed by atoms with van der Waals surface area (Å²) in [6.07, 6.45) is 8.27. The number of hydrogen-bond acceptors (Lipinski definition) is 5. The summed E-state index contributed by atoms with van der Waals surface area (Å²) in [5, 5.41) is 10.9. The van der Waals surface area contributed by atoms with E-state index in [2.05, 4.69) is 10.9 Å². The summed E-state index contributed by atoms with van der Waals surface area (Å²) in [4.78, 5) is 27.4. The van der Waals surface area contributed by atoms with Crippen LogP contribution < -0.4 is 9.54 Å². The summed E-state index contributed by atoms with van der Waals surface area (Å²) in [6, 6.07) is 11.6. The van der Waals surface area contributed by atoms with Gasteiger partial charge in [0.05, 0.1) is 22.8 Å². The van der Waals surface area contributed by atoms with Gasteiger partial charge in [0.1, 0.15) is 11.3 Å². The molecule has 3 rings (SSSR count). The fourth-order valence-electron chi connectivity index (χ4n) is 2.73. The summed E-state index contributed by atoms with van der Waals surface area (Å²) in [5.41, 5.74) is 1.29. The molecule has 0 radical (unpaired) electrons. The Bertz CT molecular complexity index is 1210. The second kappa shape index (κ2) is 8.99. The van der Waals surface area contributed by atoms with Crippen LogP contribution in [0.4, 0.5) is 5.69 Å². The molecule has 0 atom stereocenters. The first kappa shape index (κ1) is 20.0. The Labute approximate surface area is 170 Å². The van der Waals surface area contributed by atoms with Gasteiger partial charge in [0.2, 0.25) is 0 Å². The molecule has 0 aliphatic heterocycles. The van der Waals surface area contributed by atoms with Crippen LogP contribution in [-0.4, -0.2) is 22.0 Å². The third-order valence-corrected chi connectivity index (χ3v) is 4.96. The lowest BCUT2D eigenvalue weighted by molar-refractivity contribution is -0.384. The number of non-ortho nitro benzene ring substituents is 1. The largest absolute Gasteiger partial charge is 0.492 e. The highest BCUT2D eigenvalue weighted by Gasteiger charge is 2.11. The lowest BCUT2D eigenvalue weighted by Gasteiger charge is -2.07. The smallest absolute Gasteiger partial charge is 0.272 e. The molecule has 7 nitrogen and oxygen atoms in total. The predicted molar refractivity (Wildman–Crippen MR) is 113 cm³/mol. The normalized spacial score (nSPS) is 11.7. The van der Waals surface area contributed by atoms with Crippen molar-refractivity contribution in [2.45, 2.75) is 13.5 Å². The molecule has 0 spiro atoms. The van der Waals surface area contributed by atoms with Gasteiger partial charge >= 0.3 is 0 Å². The number of ether oxygens (including phenoxy) is 1. The van der Waals surface area contributed by atoms with E-state index in [1.54, 1.807) is 16.7 Å². The first-order valence-electron chi connectivity index (χ1n) is 8.73. The van der Waals surface area contributed by atoms with Gasteiger partial charge in [-0.2, -0.15) is 4.99 Å². The summed E-state index contributed by atoms with van der Waals surface area (Å²) >= 11 is 1.34. The van der Waals surface area contributed by atoms with E-state index in [0.29, 0.717) is 22.7 Å². The maximum Gasteiger partial charge on any atom is 0.272 e. The van der Waals surface area contributed by atoms with Gasteiger partial charge in [-0.3, -0.25) is 14.9 Å². The van der Waals surface area contributed by atoms with Crippen molar-refractivity contribution < 1.29 is 14.5 Å². The molecule has 0 fully saturated rings. The summed E-state index contributed by atoms with van der Waals surface area (Å²) in [5.74, 6) is 2.77. The third kappa shape index (κ3) is 4.59. The number of hydrogen-bond donors (Lipinski definition) is 0. The highest BCUT2D eigenvalue weighted by molar-refractivity contribution is 7.16. The molecule has 0 aliphatic carbocycles. The zero-order valence-corrected chi connectivity index (χ0v) is 16.4. The molecule has 3 aromatic rings. The van der Waals surface area contributed by atoms with E-state index >= 15 is 0 Å². The molecular formula is C21H17N3O4S. The van der Waals surface area contributed by atoms with Gasteiger partial charge in [-0.25, -0.2) is 0 Å². The van der Waals surface area contributed by atoms with Gasteiger partial charge in [0.15, 0.2) is 4.80 Å². The number of carbonyl (C=O) groups is 1. The molecule has 1 amide bonds. The van der Waals surface area contributed by atoms with Crippen LogP contribution in [0, 0.1) is 22.5 Å². The third-order valence-electron chi connectivity index (χ3n) is 3.92. The zero-order chi connectivity index (χ0) is 20.8. The number of terminal acetylenes is 1. The molecule has 2 aromatic carbocycles. The number of nitrogens with zero attached hydrogens (tertiary/aromatic N) is 3. The van der Waals surface area contributed by atoms with Crippen molar-refractivity contribution in [2.75, 3.05) is 6.61 Å². The van der Waals surface area contributed by atoms with Gasteiger partial charge in [-0.05, 0) is 30.7 Å². The molecular weight excluding hydrogens is 390 g/mol. The maximum absolute atomic E-state index is 12.4. The van der Waals surface area contributed by atoms with Crippen molar-refractivity contribution in [1.82, 2.24) is 4.57 Å². The number of para-hydroxylation sites is 1. The van der Waals surface area contributed by atoms with E-state index in [9.17, 15) is 14.9 Å². The number of rotatable bonds is 6. The Morgan fingerprint density at radius 1 is 1.38 bits per heavy atom. The number of fused-ring (bicyclic) bond motifs is 1. The van der Waals surface area contributed by atoms with Crippen LogP contribution >= 0.6 is 11.3 Å². The summed E-state index contributed by atoms with van der Waals surface area (Å²) < 4.78 is 8.35. The molecule has 0 saturated heterocycles. The van der Waals surface area contributed by atoms with E-state index in [-0.39, 0.29) is 12.2 Å². The molecule has 0 unspecified atom stereocenters. The standard InChI is InChI=1S/C21H17N3O4S/c1-3-13-23-20-17(28-4-2)9-6-10-18(20)29-21(23)22-19(25)12-11-15-7-5-8-16(14-15)24(26)27/h1,5-12,14H,4,13H2,2H3. The van der Waals surface area contributed by atoms with Gasteiger partial charge in [-0.15, -0.1) is 6.42 Å². The topological polar surface area (TPSA) is 86.7 Å². The SMILES string of the molecule is C#CCn1c(=NC(=O)C=Cc2cccc([N+](=O)[O-])c2)sc2cccc(OCC)c21. The van der Waals surface area contributed by atoms with Crippen molar-refractivity contribution in [3.8, 4) is 18.1 Å². The Morgan fingerprint density at radius 2 is 2.17 bits per heavy atom. The number of thiazole rings is 1. The van der Waals surface area contributed by atoms with Crippen LogP contribution in [0.15, 0.2) is 53.5 Å². The molecule has 0 saturated carbocycles. The highest BCUT2D eigenvalue weighted by Crippen LogP contribution is 2.27. The Balaban J connectivity index is 1.99. The number of nitro groups is 1. The first-order chi connectivity index (χ1) is 14.0. The molecule has 29 heavy (non-hydrogen) atoms. The molecule has 1 aromatic heterocycles. The zero-order valence-electron chi connectivity index (χ0n) is 15.6. The Kier molecular flexibility index (Phi) is 6.22. The van der Waals surface area contributed by atoms with Crippen LogP contribution in [0.1, 0.15) is 12.5 Å². The van der Waals surface area contributed by atoms with E-state index < -0.39 is 10.8 Å².